The third-order valence-corrected chi connectivity index (χ3v) is 4.89. The van der Waals surface area contributed by atoms with Crippen LogP contribution in [0.4, 0.5) is 8.78 Å². The van der Waals surface area contributed by atoms with Crippen LogP contribution in [0.2, 0.25) is 0 Å². The Bertz CT molecular complexity index is 484. The number of esters is 1. The fraction of sp³-hybridized carbons (Fsp3) is 0.923. The highest BCUT2D eigenvalue weighted by Gasteiger charge is 2.86. The number of rotatable bonds is 4. The van der Waals surface area contributed by atoms with Crippen molar-refractivity contribution in [1.82, 2.24) is 0 Å². The normalized spacial score (nSPS) is 38.5. The number of nitrogens with zero attached hydrogens (tertiary/aromatic N) is 3. The van der Waals surface area contributed by atoms with Crippen molar-refractivity contribution in [2.45, 2.75) is 46.1 Å². The number of azide groups is 1. The Labute approximate surface area is 116 Å². The molecule has 0 radical (unpaired) electrons. The molecule has 0 saturated heterocycles. The van der Waals surface area contributed by atoms with Gasteiger partial charge in [-0.15, -0.1) is 0 Å². The van der Waals surface area contributed by atoms with Crippen molar-refractivity contribution < 1.29 is 18.3 Å². The van der Waals surface area contributed by atoms with Gasteiger partial charge in [-0.25, -0.2) is 8.78 Å². The number of ether oxygens (including phenoxy) is 1. The number of carbonyl (C=O) groups is 1. The molecule has 0 aromatic carbocycles. The van der Waals surface area contributed by atoms with Gasteiger partial charge in [-0.05, 0) is 44.1 Å². The second kappa shape index (κ2) is 4.32. The minimum atomic E-state index is -2.61. The molecule has 20 heavy (non-hydrogen) atoms. The number of carbonyl (C=O) groups excluding carboxylic acids is 1. The van der Waals surface area contributed by atoms with Crippen LogP contribution in [-0.2, 0) is 9.53 Å². The molecule has 3 aliphatic rings. The van der Waals surface area contributed by atoms with Crippen molar-refractivity contribution >= 4 is 5.97 Å². The highest BCUT2D eigenvalue weighted by Crippen LogP contribution is 2.82. The summed E-state index contributed by atoms with van der Waals surface area (Å²) in [5, 5.41) is 3.45. The van der Waals surface area contributed by atoms with Crippen molar-refractivity contribution in [2.24, 2.45) is 27.8 Å². The minimum Gasteiger partial charge on any atom is -0.460 e. The van der Waals surface area contributed by atoms with E-state index < -0.39 is 34.7 Å². The van der Waals surface area contributed by atoms with Crippen LogP contribution >= 0.6 is 0 Å². The quantitative estimate of drug-likeness (QED) is 0.343. The lowest BCUT2D eigenvalue weighted by Gasteiger charge is -2.78. The van der Waals surface area contributed by atoms with E-state index in [1.807, 2.05) is 0 Å². The molecular formula is C13H19F2N3O2. The first kappa shape index (κ1) is 15.0. The highest BCUT2D eigenvalue weighted by atomic mass is 19.3. The molecular weight excluding hydrogens is 268 g/mol. The van der Waals surface area contributed by atoms with Gasteiger partial charge in [-0.2, -0.15) is 0 Å². The number of halogens is 2. The molecule has 3 saturated carbocycles. The molecule has 0 heterocycles. The third-order valence-electron chi connectivity index (χ3n) is 4.89. The summed E-state index contributed by atoms with van der Waals surface area (Å²) in [6.07, 6.45) is -2.29. The lowest BCUT2D eigenvalue weighted by Crippen LogP contribution is -2.82. The van der Waals surface area contributed by atoms with Crippen LogP contribution in [0, 0.1) is 22.7 Å². The highest BCUT2D eigenvalue weighted by molar-refractivity contribution is 5.83. The van der Waals surface area contributed by atoms with E-state index in [1.54, 1.807) is 27.7 Å². The van der Waals surface area contributed by atoms with Crippen molar-refractivity contribution in [3.63, 3.8) is 0 Å². The van der Waals surface area contributed by atoms with Gasteiger partial charge in [0.05, 0.1) is 5.41 Å². The summed E-state index contributed by atoms with van der Waals surface area (Å²) in [7, 11) is 0. The van der Waals surface area contributed by atoms with Crippen molar-refractivity contribution in [3.8, 4) is 0 Å². The Morgan fingerprint density at radius 1 is 1.55 bits per heavy atom. The van der Waals surface area contributed by atoms with E-state index in [0.29, 0.717) is 6.42 Å². The Balaban J connectivity index is 2.22. The van der Waals surface area contributed by atoms with E-state index in [-0.39, 0.29) is 12.5 Å². The Kier molecular flexibility index (Phi) is 3.25. The van der Waals surface area contributed by atoms with Gasteiger partial charge in [-0.1, -0.05) is 12.0 Å². The fourth-order valence-corrected chi connectivity index (χ4v) is 3.96. The molecule has 7 heteroatoms. The molecule has 0 aromatic rings. The van der Waals surface area contributed by atoms with E-state index in [9.17, 15) is 13.6 Å². The predicted octanol–water partition coefficient (Wildman–Crippen LogP) is 3.55. The summed E-state index contributed by atoms with van der Waals surface area (Å²) >= 11 is 0. The molecule has 3 fully saturated rings. The predicted molar refractivity (Wildman–Crippen MR) is 68.0 cm³/mol. The maximum absolute atomic E-state index is 13.3. The number of hydrogen-bond donors (Lipinski definition) is 0. The summed E-state index contributed by atoms with van der Waals surface area (Å²) in [6.45, 7) is 6.93. The summed E-state index contributed by atoms with van der Waals surface area (Å²) in [5.41, 5.74) is 5.84. The van der Waals surface area contributed by atoms with Gasteiger partial charge in [-0.3, -0.25) is 4.79 Å². The zero-order chi connectivity index (χ0) is 15.3. The van der Waals surface area contributed by atoms with E-state index in [4.69, 9.17) is 10.3 Å². The average Bonchev–Trinajstić information content (AvgIpc) is 2.24. The Morgan fingerprint density at radius 3 is 2.55 bits per heavy atom. The molecule has 0 amide bonds. The Hall–Kier alpha value is -1.36. The van der Waals surface area contributed by atoms with Crippen LogP contribution in [-0.4, -0.2) is 24.5 Å². The van der Waals surface area contributed by atoms with Gasteiger partial charge >= 0.3 is 5.97 Å². The van der Waals surface area contributed by atoms with Crippen LogP contribution in [0.25, 0.3) is 10.4 Å². The summed E-state index contributed by atoms with van der Waals surface area (Å²) < 4.78 is 31.9. The number of hydrogen-bond acceptors (Lipinski definition) is 3. The SMILES string of the molecule is C[C@H]1C2(CN=[N+]=[N-])CC1(C(=O)OC(C)(C)C)C2C(F)F. The molecule has 2 bridgehead atoms. The second-order valence-electron chi connectivity index (χ2n) is 6.87. The third kappa shape index (κ3) is 1.72. The molecule has 3 rings (SSSR count). The molecule has 5 nitrogen and oxygen atoms in total. The Morgan fingerprint density at radius 2 is 2.15 bits per heavy atom. The molecule has 0 spiro atoms. The van der Waals surface area contributed by atoms with Crippen LogP contribution in [0.1, 0.15) is 34.1 Å². The summed E-state index contributed by atoms with van der Waals surface area (Å²) in [5.74, 6) is -1.86. The van der Waals surface area contributed by atoms with E-state index in [0.717, 1.165) is 0 Å². The monoisotopic (exact) mass is 287 g/mol. The molecule has 4 atom stereocenters. The van der Waals surface area contributed by atoms with Gasteiger partial charge in [0.2, 0.25) is 6.43 Å². The fourth-order valence-electron chi connectivity index (χ4n) is 3.96. The largest absolute Gasteiger partial charge is 0.460 e. The lowest BCUT2D eigenvalue weighted by atomic mass is 9.24. The summed E-state index contributed by atoms with van der Waals surface area (Å²) in [4.78, 5) is 14.9. The smallest absolute Gasteiger partial charge is 0.313 e. The molecule has 0 aliphatic heterocycles. The maximum atomic E-state index is 13.3. The van der Waals surface area contributed by atoms with E-state index in [1.165, 1.54) is 0 Å². The first-order valence-corrected chi connectivity index (χ1v) is 6.64. The van der Waals surface area contributed by atoms with Crippen LogP contribution < -0.4 is 0 Å². The van der Waals surface area contributed by atoms with Gasteiger partial charge in [0.1, 0.15) is 5.60 Å². The topological polar surface area (TPSA) is 75.1 Å². The lowest BCUT2D eigenvalue weighted by molar-refractivity contribution is -0.351. The van der Waals surface area contributed by atoms with Gasteiger partial charge in [0.15, 0.2) is 0 Å². The molecule has 112 valence electrons. The minimum absolute atomic E-state index is 0.0181. The van der Waals surface area contributed by atoms with Crippen molar-refractivity contribution in [3.05, 3.63) is 10.4 Å². The molecule has 0 aromatic heterocycles. The zero-order valence-electron chi connectivity index (χ0n) is 12.1. The van der Waals surface area contributed by atoms with E-state index in [2.05, 4.69) is 10.0 Å². The summed E-state index contributed by atoms with van der Waals surface area (Å²) in [6, 6.07) is 0. The standard InChI is InChI=1S/C13H19F2N3O2/c1-7-12(6-17-18-16)5-13(7,8(12)9(14)15)10(19)20-11(2,3)4/h7-9H,5-6H2,1-4H3/t7-,8?,12?,13?/m0/s1. The number of alkyl halides is 2. The maximum Gasteiger partial charge on any atom is 0.313 e. The first-order valence-electron chi connectivity index (χ1n) is 6.64. The van der Waals surface area contributed by atoms with Gasteiger partial charge < -0.3 is 4.74 Å². The van der Waals surface area contributed by atoms with Crippen LogP contribution in [0.3, 0.4) is 0 Å². The first-order chi connectivity index (χ1) is 9.12. The van der Waals surface area contributed by atoms with Gasteiger partial charge in [0, 0.05) is 17.4 Å². The van der Waals surface area contributed by atoms with Gasteiger partial charge in [0.25, 0.3) is 0 Å². The van der Waals surface area contributed by atoms with Crippen LogP contribution in [0.15, 0.2) is 5.11 Å². The zero-order valence-corrected chi connectivity index (χ0v) is 12.1. The van der Waals surface area contributed by atoms with Crippen molar-refractivity contribution in [2.75, 3.05) is 6.54 Å². The molecule has 3 unspecified atom stereocenters. The molecule has 3 aliphatic carbocycles. The second-order valence-corrected chi connectivity index (χ2v) is 6.87. The molecule has 0 N–H and O–H groups in total. The van der Waals surface area contributed by atoms with Crippen LogP contribution in [0.5, 0.6) is 0 Å². The average molecular weight is 287 g/mol. The van der Waals surface area contributed by atoms with Crippen molar-refractivity contribution in [1.29, 1.82) is 0 Å². The van der Waals surface area contributed by atoms with E-state index >= 15 is 0 Å².